The van der Waals surface area contributed by atoms with Crippen LogP contribution in [0.1, 0.15) is 11.1 Å². The molecule has 1 aliphatic heterocycles. The number of nitrogens with zero attached hydrogens (tertiary/aromatic N) is 7. The second-order valence-electron chi connectivity index (χ2n) is 7.38. The minimum atomic E-state index is 0.521. The molecule has 32 heavy (non-hydrogen) atoms. The van der Waals surface area contributed by atoms with E-state index in [0.717, 1.165) is 5.56 Å². The highest BCUT2D eigenvalue weighted by Gasteiger charge is 2.20. The maximum atomic E-state index is 6.00. The van der Waals surface area contributed by atoms with Gasteiger partial charge in [-0.05, 0) is 24.6 Å². The first-order valence-corrected chi connectivity index (χ1v) is 10.6. The monoisotopic (exact) mass is 448 g/mol. The van der Waals surface area contributed by atoms with E-state index in [2.05, 4.69) is 31.5 Å². The van der Waals surface area contributed by atoms with Gasteiger partial charge in [-0.15, -0.1) is 0 Å². The number of aryl methyl sites for hydroxylation is 1. The minimum Gasteiger partial charge on any atom is -0.378 e. The molecular formula is C22H21ClN8O. The Morgan fingerprint density at radius 3 is 2.78 bits per heavy atom. The largest absolute Gasteiger partial charge is 0.378 e. The fraction of sp³-hybridized carbons (Fsp3) is 0.227. The lowest BCUT2D eigenvalue weighted by atomic mass is 10.2. The predicted molar refractivity (Wildman–Crippen MR) is 125 cm³/mol. The van der Waals surface area contributed by atoms with Crippen LogP contribution in [0.2, 0.25) is 5.02 Å². The number of ether oxygens (including phenoxy) is 1. The summed E-state index contributed by atoms with van der Waals surface area (Å²) in [4.78, 5) is 20.5. The number of hydrogen-bond donors (Lipinski definition) is 1. The molecule has 0 atom stereocenters. The molecule has 10 heteroatoms. The van der Waals surface area contributed by atoms with Gasteiger partial charge in [-0.1, -0.05) is 41.4 Å². The van der Waals surface area contributed by atoms with Crippen LogP contribution in [0, 0.1) is 6.92 Å². The third kappa shape index (κ3) is 4.25. The number of hydrogen-bond acceptors (Lipinski definition) is 8. The number of pyridine rings is 1. The molecule has 162 valence electrons. The van der Waals surface area contributed by atoms with Crippen molar-refractivity contribution >= 4 is 40.7 Å². The lowest BCUT2D eigenvalue weighted by molar-refractivity contribution is 0.122. The van der Waals surface area contributed by atoms with Crippen LogP contribution in [0.25, 0.3) is 17.0 Å². The first kappa shape index (κ1) is 20.3. The number of nitrogens with one attached hydrogen (secondary N) is 1. The lowest BCUT2D eigenvalue weighted by Gasteiger charge is -2.27. The summed E-state index contributed by atoms with van der Waals surface area (Å²) in [5.41, 5.74) is 6.44. The Balaban J connectivity index is 1.55. The van der Waals surface area contributed by atoms with Crippen molar-refractivity contribution in [3.05, 3.63) is 65.1 Å². The summed E-state index contributed by atoms with van der Waals surface area (Å²) in [5.74, 6) is 1.77. The number of anilines is 2. The Morgan fingerprint density at radius 2 is 2.00 bits per heavy atom. The van der Waals surface area contributed by atoms with E-state index < -0.39 is 0 Å². The smallest absolute Gasteiger partial charge is 0.229 e. The first-order valence-electron chi connectivity index (χ1n) is 10.2. The van der Waals surface area contributed by atoms with Gasteiger partial charge in [0.15, 0.2) is 17.0 Å². The molecule has 1 fully saturated rings. The number of halogens is 1. The summed E-state index contributed by atoms with van der Waals surface area (Å²) < 4.78 is 7.29. The standard InChI is InChI=1S/C22H21ClN8O/c1-15-3-2-4-16(11-15)12-26-29-20-19-21(28-22(27-20)30-7-9-32-10-8-30)31(14-25-19)18-6-5-17(23)13-24-18/h2-6,11-14H,7-10H2,1H3,(H,27,28,29)/b26-12+. The molecule has 9 nitrogen and oxygen atoms in total. The van der Waals surface area contributed by atoms with Crippen LogP contribution in [0.5, 0.6) is 0 Å². The van der Waals surface area contributed by atoms with Gasteiger partial charge >= 0.3 is 0 Å². The van der Waals surface area contributed by atoms with Crippen LogP contribution in [0.3, 0.4) is 0 Å². The summed E-state index contributed by atoms with van der Waals surface area (Å²) in [6, 6.07) is 11.7. The van der Waals surface area contributed by atoms with Crippen molar-refractivity contribution in [1.29, 1.82) is 0 Å². The summed E-state index contributed by atoms with van der Waals surface area (Å²) in [6.45, 7) is 4.74. The van der Waals surface area contributed by atoms with E-state index in [-0.39, 0.29) is 0 Å². The van der Waals surface area contributed by atoms with Gasteiger partial charge in [-0.3, -0.25) is 9.99 Å². The van der Waals surface area contributed by atoms with Crippen molar-refractivity contribution in [3.8, 4) is 5.82 Å². The molecule has 0 aliphatic carbocycles. The molecule has 1 aliphatic rings. The number of fused-ring (bicyclic) bond motifs is 1. The fourth-order valence-electron chi connectivity index (χ4n) is 3.47. The maximum absolute atomic E-state index is 6.00. The van der Waals surface area contributed by atoms with Crippen molar-refractivity contribution in [2.75, 3.05) is 36.6 Å². The number of imidazole rings is 1. The average molecular weight is 449 g/mol. The van der Waals surface area contributed by atoms with E-state index in [0.29, 0.717) is 60.1 Å². The van der Waals surface area contributed by atoms with Gasteiger partial charge in [-0.2, -0.15) is 15.1 Å². The van der Waals surface area contributed by atoms with Crippen molar-refractivity contribution < 1.29 is 4.74 Å². The third-order valence-electron chi connectivity index (χ3n) is 5.06. The molecule has 1 saturated heterocycles. The zero-order chi connectivity index (χ0) is 21.9. The SMILES string of the molecule is Cc1cccc(/C=N/Nc2nc(N3CCOCC3)nc3c2ncn3-c2ccc(Cl)cn2)c1. The Hall–Kier alpha value is -3.56. The van der Waals surface area contributed by atoms with Gasteiger partial charge in [-0.25, -0.2) is 9.97 Å². The predicted octanol–water partition coefficient (Wildman–Crippen LogP) is 3.45. The molecule has 0 radical (unpaired) electrons. The number of benzene rings is 1. The van der Waals surface area contributed by atoms with E-state index in [1.165, 1.54) is 5.56 Å². The lowest BCUT2D eigenvalue weighted by Crippen LogP contribution is -2.37. The van der Waals surface area contributed by atoms with E-state index in [9.17, 15) is 0 Å². The quantitative estimate of drug-likeness (QED) is 0.369. The Morgan fingerprint density at radius 1 is 1.12 bits per heavy atom. The van der Waals surface area contributed by atoms with Gasteiger partial charge in [0.1, 0.15) is 12.1 Å². The van der Waals surface area contributed by atoms with Crippen molar-refractivity contribution in [3.63, 3.8) is 0 Å². The first-order chi connectivity index (χ1) is 15.7. The van der Waals surface area contributed by atoms with E-state index >= 15 is 0 Å². The van der Waals surface area contributed by atoms with E-state index in [1.807, 2.05) is 35.8 Å². The second kappa shape index (κ2) is 8.89. The van der Waals surface area contributed by atoms with Crippen molar-refractivity contribution in [1.82, 2.24) is 24.5 Å². The van der Waals surface area contributed by atoms with Crippen LogP contribution in [0.15, 0.2) is 54.0 Å². The highest BCUT2D eigenvalue weighted by molar-refractivity contribution is 6.30. The summed E-state index contributed by atoms with van der Waals surface area (Å²) in [7, 11) is 0. The molecule has 1 aromatic carbocycles. The Labute approximate surface area is 189 Å². The average Bonchev–Trinajstić information content (AvgIpc) is 3.24. The minimum absolute atomic E-state index is 0.521. The summed E-state index contributed by atoms with van der Waals surface area (Å²) in [6.07, 6.45) is 5.03. The summed E-state index contributed by atoms with van der Waals surface area (Å²) in [5, 5.41) is 4.96. The van der Waals surface area contributed by atoms with E-state index in [1.54, 1.807) is 24.8 Å². The molecule has 5 rings (SSSR count). The molecule has 0 bridgehead atoms. The molecule has 0 unspecified atom stereocenters. The van der Waals surface area contributed by atoms with Crippen LogP contribution in [-0.4, -0.2) is 57.0 Å². The molecule has 0 spiro atoms. The second-order valence-corrected chi connectivity index (χ2v) is 7.81. The highest BCUT2D eigenvalue weighted by Crippen LogP contribution is 2.25. The molecule has 1 N–H and O–H groups in total. The summed E-state index contributed by atoms with van der Waals surface area (Å²) >= 11 is 6.00. The van der Waals surface area contributed by atoms with Crippen LogP contribution < -0.4 is 10.3 Å². The third-order valence-corrected chi connectivity index (χ3v) is 5.29. The molecule has 0 amide bonds. The molecule has 4 heterocycles. The van der Waals surface area contributed by atoms with Crippen molar-refractivity contribution in [2.24, 2.45) is 5.10 Å². The Kier molecular flexibility index (Phi) is 5.66. The van der Waals surface area contributed by atoms with Gasteiger partial charge < -0.3 is 9.64 Å². The van der Waals surface area contributed by atoms with E-state index in [4.69, 9.17) is 26.3 Å². The van der Waals surface area contributed by atoms with Gasteiger partial charge in [0.2, 0.25) is 5.95 Å². The topological polar surface area (TPSA) is 93.4 Å². The number of rotatable bonds is 5. The van der Waals surface area contributed by atoms with Gasteiger partial charge in [0.05, 0.1) is 24.5 Å². The Bertz CT molecular complexity index is 1260. The molecule has 3 aromatic heterocycles. The normalized spacial score (nSPS) is 14.4. The maximum Gasteiger partial charge on any atom is 0.229 e. The van der Waals surface area contributed by atoms with Crippen molar-refractivity contribution in [2.45, 2.75) is 6.92 Å². The highest BCUT2D eigenvalue weighted by atomic mass is 35.5. The number of aromatic nitrogens is 5. The molecule has 0 saturated carbocycles. The zero-order valence-electron chi connectivity index (χ0n) is 17.4. The van der Waals surface area contributed by atoms with Gasteiger partial charge in [0.25, 0.3) is 0 Å². The van der Waals surface area contributed by atoms with Crippen LogP contribution in [-0.2, 0) is 4.74 Å². The van der Waals surface area contributed by atoms with Gasteiger partial charge in [0, 0.05) is 19.3 Å². The zero-order valence-corrected chi connectivity index (χ0v) is 18.2. The molecule has 4 aromatic rings. The number of hydrazone groups is 1. The van der Waals surface area contributed by atoms with Crippen LogP contribution >= 0.6 is 11.6 Å². The molecular weight excluding hydrogens is 428 g/mol. The number of morpholine rings is 1. The fourth-order valence-corrected chi connectivity index (χ4v) is 3.58. The van der Waals surface area contributed by atoms with Crippen LogP contribution in [0.4, 0.5) is 11.8 Å².